The van der Waals surface area contributed by atoms with Crippen molar-refractivity contribution in [3.63, 3.8) is 0 Å². The molecule has 0 saturated carbocycles. The van der Waals surface area contributed by atoms with E-state index in [4.69, 9.17) is 0 Å². The molecule has 0 aliphatic carbocycles. The highest BCUT2D eigenvalue weighted by molar-refractivity contribution is 5.84. The number of halogens is 3. The zero-order valence-corrected chi connectivity index (χ0v) is 13.8. The Balaban J connectivity index is 2.09. The smallest absolute Gasteiger partial charge is 0.336 e. The van der Waals surface area contributed by atoms with Gasteiger partial charge < -0.3 is 5.32 Å². The van der Waals surface area contributed by atoms with Gasteiger partial charge in [0.15, 0.2) is 0 Å². The number of aromatic nitrogens is 3. The molecule has 0 aliphatic heterocycles. The van der Waals surface area contributed by atoms with Crippen LogP contribution < -0.4 is 5.32 Å². The molecular weight excluding hydrogens is 345 g/mol. The zero-order chi connectivity index (χ0) is 18.7. The maximum absolute atomic E-state index is 12.8. The number of nitrogens with zero attached hydrogens (tertiary/aromatic N) is 3. The second-order valence-corrected chi connectivity index (χ2v) is 5.48. The lowest BCUT2D eigenvalue weighted by molar-refractivity contribution is -0.137. The van der Waals surface area contributed by atoms with Gasteiger partial charge in [0.05, 0.1) is 5.56 Å². The van der Waals surface area contributed by atoms with Crippen LogP contribution in [0.4, 0.5) is 18.0 Å². The first-order valence-electron chi connectivity index (χ1n) is 7.86. The Hall–Kier alpha value is -3.16. The third kappa shape index (κ3) is 3.58. The van der Waals surface area contributed by atoms with Gasteiger partial charge in [0, 0.05) is 36.3 Å². The van der Waals surface area contributed by atoms with E-state index < -0.39 is 17.8 Å². The van der Waals surface area contributed by atoms with Crippen molar-refractivity contribution in [1.29, 1.82) is 0 Å². The van der Waals surface area contributed by atoms with E-state index in [1.54, 1.807) is 37.6 Å². The number of amides is 1. The fourth-order valence-corrected chi connectivity index (χ4v) is 2.48. The number of rotatable bonds is 3. The van der Waals surface area contributed by atoms with Gasteiger partial charge in [-0.2, -0.15) is 23.0 Å². The monoisotopic (exact) mass is 360 g/mol. The lowest BCUT2D eigenvalue weighted by Gasteiger charge is -2.07. The van der Waals surface area contributed by atoms with Gasteiger partial charge in [-0.25, -0.2) is 4.79 Å². The van der Waals surface area contributed by atoms with Crippen LogP contribution in [0.5, 0.6) is 0 Å². The Morgan fingerprint density at radius 2 is 1.73 bits per heavy atom. The topological polar surface area (TPSA) is 59.8 Å². The molecule has 0 saturated heterocycles. The van der Waals surface area contributed by atoms with Crippen molar-refractivity contribution in [2.45, 2.75) is 13.1 Å². The number of nitrogens with one attached hydrogen (secondary N) is 1. The minimum Gasteiger partial charge on any atom is -0.336 e. The lowest BCUT2D eigenvalue weighted by Crippen LogP contribution is -2.28. The predicted octanol–water partition coefficient (Wildman–Crippen LogP) is 4.21. The average molecular weight is 360 g/mol. The van der Waals surface area contributed by atoms with Crippen LogP contribution in [-0.4, -0.2) is 27.3 Å². The standard InChI is InChI=1S/C18H15F3N4O/c1-2-23-17(26)25-11-15(12-7-9-22-10-8-12)16(24-25)13-3-5-14(6-4-13)18(19,20)21/h3-11H,2H2,1H3,(H,23,26). The third-order valence-corrected chi connectivity index (χ3v) is 3.73. The molecule has 0 unspecified atom stereocenters. The molecule has 1 N–H and O–H groups in total. The maximum Gasteiger partial charge on any atom is 0.416 e. The average Bonchev–Trinajstić information content (AvgIpc) is 3.07. The van der Waals surface area contributed by atoms with E-state index in [1.807, 2.05) is 0 Å². The van der Waals surface area contributed by atoms with Crippen LogP contribution in [0.25, 0.3) is 22.4 Å². The van der Waals surface area contributed by atoms with Crippen LogP contribution >= 0.6 is 0 Å². The highest BCUT2D eigenvalue weighted by Gasteiger charge is 2.30. The Morgan fingerprint density at radius 3 is 2.31 bits per heavy atom. The molecule has 2 aromatic heterocycles. The van der Waals surface area contributed by atoms with Crippen LogP contribution in [-0.2, 0) is 6.18 Å². The minimum atomic E-state index is -4.41. The van der Waals surface area contributed by atoms with Gasteiger partial charge in [0.25, 0.3) is 0 Å². The molecule has 0 spiro atoms. The highest BCUT2D eigenvalue weighted by Crippen LogP contribution is 2.34. The largest absolute Gasteiger partial charge is 0.416 e. The van der Waals surface area contributed by atoms with Crippen LogP contribution in [0.3, 0.4) is 0 Å². The van der Waals surface area contributed by atoms with Crippen molar-refractivity contribution in [2.24, 2.45) is 0 Å². The summed E-state index contributed by atoms with van der Waals surface area (Å²) >= 11 is 0. The molecule has 3 rings (SSSR count). The molecule has 134 valence electrons. The Bertz CT molecular complexity index is 902. The fourth-order valence-electron chi connectivity index (χ4n) is 2.48. The molecule has 0 fully saturated rings. The van der Waals surface area contributed by atoms with Crippen molar-refractivity contribution in [3.8, 4) is 22.4 Å². The Morgan fingerprint density at radius 1 is 1.08 bits per heavy atom. The zero-order valence-electron chi connectivity index (χ0n) is 13.8. The van der Waals surface area contributed by atoms with Crippen molar-refractivity contribution in [3.05, 3.63) is 60.6 Å². The summed E-state index contributed by atoms with van der Waals surface area (Å²) in [7, 11) is 0. The summed E-state index contributed by atoms with van der Waals surface area (Å²) in [6.07, 6.45) is 0.324. The first-order valence-corrected chi connectivity index (χ1v) is 7.86. The minimum absolute atomic E-state index is 0.413. The summed E-state index contributed by atoms with van der Waals surface area (Å²) in [5, 5.41) is 6.90. The molecule has 0 aliphatic rings. The van der Waals surface area contributed by atoms with Gasteiger partial charge in [0.2, 0.25) is 0 Å². The first kappa shape index (κ1) is 17.7. The number of carbonyl (C=O) groups excluding carboxylic acids is 1. The van der Waals surface area contributed by atoms with Crippen molar-refractivity contribution in [1.82, 2.24) is 20.1 Å². The first-order chi connectivity index (χ1) is 12.4. The van der Waals surface area contributed by atoms with Crippen LogP contribution in [0, 0.1) is 0 Å². The van der Waals surface area contributed by atoms with E-state index in [0.717, 1.165) is 22.4 Å². The van der Waals surface area contributed by atoms with E-state index in [-0.39, 0.29) is 0 Å². The van der Waals surface area contributed by atoms with E-state index in [2.05, 4.69) is 15.4 Å². The third-order valence-electron chi connectivity index (χ3n) is 3.73. The molecule has 0 atom stereocenters. The van der Waals surface area contributed by atoms with Crippen LogP contribution in [0.2, 0.25) is 0 Å². The van der Waals surface area contributed by atoms with Crippen LogP contribution in [0.1, 0.15) is 12.5 Å². The summed E-state index contributed by atoms with van der Waals surface area (Å²) in [4.78, 5) is 16.0. The van der Waals surface area contributed by atoms with Gasteiger partial charge in [0.1, 0.15) is 5.69 Å². The Labute approximate surface area is 147 Å². The van der Waals surface area contributed by atoms with E-state index in [0.29, 0.717) is 23.4 Å². The summed E-state index contributed by atoms with van der Waals surface area (Å²) in [5.74, 6) is 0. The molecular formula is C18H15F3N4O. The molecule has 0 radical (unpaired) electrons. The Kier molecular flexibility index (Phi) is 4.75. The number of hydrogen-bond donors (Lipinski definition) is 1. The van der Waals surface area contributed by atoms with Gasteiger partial charge >= 0.3 is 12.2 Å². The van der Waals surface area contributed by atoms with Crippen molar-refractivity contribution < 1.29 is 18.0 Å². The summed E-state index contributed by atoms with van der Waals surface area (Å²) in [6, 6.07) is 7.75. The molecule has 8 heteroatoms. The maximum atomic E-state index is 12.8. The van der Waals surface area contributed by atoms with Crippen molar-refractivity contribution >= 4 is 6.03 Å². The van der Waals surface area contributed by atoms with E-state index in [1.165, 1.54) is 12.1 Å². The van der Waals surface area contributed by atoms with Crippen LogP contribution in [0.15, 0.2) is 55.0 Å². The van der Waals surface area contributed by atoms with E-state index in [9.17, 15) is 18.0 Å². The number of pyridine rings is 1. The van der Waals surface area contributed by atoms with Gasteiger partial charge in [-0.05, 0) is 36.8 Å². The number of carbonyl (C=O) groups is 1. The SMILES string of the molecule is CCNC(=O)n1cc(-c2ccncc2)c(-c2ccc(C(F)(F)F)cc2)n1. The van der Waals surface area contributed by atoms with Gasteiger partial charge in [-0.15, -0.1) is 0 Å². The second-order valence-electron chi connectivity index (χ2n) is 5.48. The van der Waals surface area contributed by atoms with Crippen molar-refractivity contribution in [2.75, 3.05) is 6.54 Å². The van der Waals surface area contributed by atoms with E-state index >= 15 is 0 Å². The number of alkyl halides is 3. The highest BCUT2D eigenvalue weighted by atomic mass is 19.4. The van der Waals surface area contributed by atoms with Gasteiger partial charge in [-0.1, -0.05) is 12.1 Å². The molecule has 26 heavy (non-hydrogen) atoms. The quantitative estimate of drug-likeness (QED) is 0.761. The summed E-state index contributed by atoms with van der Waals surface area (Å²) < 4.78 is 39.5. The molecule has 3 aromatic rings. The second kappa shape index (κ2) is 6.99. The number of benzene rings is 1. The molecule has 1 amide bonds. The normalized spacial score (nSPS) is 11.4. The fraction of sp³-hybridized carbons (Fsp3) is 0.167. The molecule has 5 nitrogen and oxygen atoms in total. The molecule has 2 heterocycles. The molecule has 0 bridgehead atoms. The number of hydrogen-bond acceptors (Lipinski definition) is 3. The summed E-state index contributed by atoms with van der Waals surface area (Å²) in [6.45, 7) is 2.21. The lowest BCUT2D eigenvalue weighted by atomic mass is 10.0. The predicted molar refractivity (Wildman–Crippen MR) is 90.4 cm³/mol. The van der Waals surface area contributed by atoms with Gasteiger partial charge in [-0.3, -0.25) is 4.98 Å². The summed E-state index contributed by atoms with van der Waals surface area (Å²) in [5.41, 5.74) is 1.53. The molecule has 1 aromatic carbocycles.